The van der Waals surface area contributed by atoms with Crippen molar-refractivity contribution in [2.45, 2.75) is 82.3 Å². The summed E-state index contributed by atoms with van der Waals surface area (Å²) in [6, 6.07) is 0. The largest absolute Gasteiger partial charge is 0.393 e. The highest BCUT2D eigenvalue weighted by molar-refractivity contribution is 4.92. The van der Waals surface area contributed by atoms with E-state index >= 15 is 0 Å². The summed E-state index contributed by atoms with van der Waals surface area (Å²) in [6.07, 6.45) is 13.8. The quantitative estimate of drug-likeness (QED) is 0.830. The molecule has 1 aliphatic heterocycles. The van der Waals surface area contributed by atoms with E-state index < -0.39 is 0 Å². The first-order valence-corrected chi connectivity index (χ1v) is 8.09. The van der Waals surface area contributed by atoms with Gasteiger partial charge in [-0.05, 0) is 56.8 Å². The van der Waals surface area contributed by atoms with Crippen LogP contribution in [0.15, 0.2) is 0 Å². The molecule has 0 aromatic rings. The molecule has 3 rings (SSSR count). The van der Waals surface area contributed by atoms with Gasteiger partial charge < -0.3 is 9.84 Å². The molecule has 1 N–H and O–H groups in total. The molecule has 0 aromatic carbocycles. The van der Waals surface area contributed by atoms with Gasteiger partial charge in [0.05, 0.1) is 11.7 Å². The third-order valence-corrected chi connectivity index (χ3v) is 5.63. The summed E-state index contributed by atoms with van der Waals surface area (Å²) in [7, 11) is 0. The van der Waals surface area contributed by atoms with E-state index in [0.29, 0.717) is 11.8 Å². The third-order valence-electron chi connectivity index (χ3n) is 5.63. The first-order valence-electron chi connectivity index (χ1n) is 8.09. The molecule has 104 valence electrons. The van der Waals surface area contributed by atoms with Gasteiger partial charge in [-0.2, -0.15) is 0 Å². The van der Waals surface area contributed by atoms with Crippen LogP contribution < -0.4 is 0 Å². The molecule has 0 amide bonds. The summed E-state index contributed by atoms with van der Waals surface area (Å²) >= 11 is 0. The van der Waals surface area contributed by atoms with Gasteiger partial charge in [-0.3, -0.25) is 0 Å². The molecule has 2 nitrogen and oxygen atoms in total. The van der Waals surface area contributed by atoms with Crippen LogP contribution in [0.1, 0.15) is 70.6 Å². The first kappa shape index (κ1) is 12.9. The van der Waals surface area contributed by atoms with E-state index in [0.717, 1.165) is 13.0 Å². The van der Waals surface area contributed by atoms with Gasteiger partial charge in [0.1, 0.15) is 0 Å². The van der Waals surface area contributed by atoms with Crippen molar-refractivity contribution in [3.63, 3.8) is 0 Å². The maximum Gasteiger partial charge on any atom is 0.0685 e. The number of hydrogen-bond donors (Lipinski definition) is 1. The van der Waals surface area contributed by atoms with Gasteiger partial charge in [-0.1, -0.05) is 25.7 Å². The lowest BCUT2D eigenvalue weighted by Gasteiger charge is -2.39. The molecule has 1 heterocycles. The molecule has 2 aliphatic carbocycles. The van der Waals surface area contributed by atoms with Crippen LogP contribution in [0.4, 0.5) is 0 Å². The molecule has 0 bridgehead atoms. The van der Waals surface area contributed by atoms with Crippen LogP contribution >= 0.6 is 0 Å². The number of aliphatic hydroxyl groups is 1. The minimum atomic E-state index is -0.0333. The fourth-order valence-corrected chi connectivity index (χ4v) is 4.57. The molecule has 2 atom stereocenters. The fourth-order valence-electron chi connectivity index (χ4n) is 4.57. The Morgan fingerprint density at radius 1 is 1.06 bits per heavy atom. The maximum absolute atomic E-state index is 10.4. The average molecular weight is 252 g/mol. The summed E-state index contributed by atoms with van der Waals surface area (Å²) in [5.41, 5.74) is 0.221. The molecule has 2 saturated carbocycles. The van der Waals surface area contributed by atoms with Gasteiger partial charge >= 0.3 is 0 Å². The zero-order valence-electron chi connectivity index (χ0n) is 11.6. The normalized spacial score (nSPS) is 34.2. The van der Waals surface area contributed by atoms with Crippen molar-refractivity contribution >= 4 is 0 Å². The highest BCUT2D eigenvalue weighted by Crippen LogP contribution is 2.44. The Hall–Kier alpha value is -0.0800. The van der Waals surface area contributed by atoms with Crippen LogP contribution in [0.5, 0.6) is 0 Å². The van der Waals surface area contributed by atoms with Crippen molar-refractivity contribution in [1.29, 1.82) is 0 Å². The lowest BCUT2D eigenvalue weighted by molar-refractivity contribution is -0.0998. The summed E-state index contributed by atoms with van der Waals surface area (Å²) in [5, 5.41) is 10.4. The van der Waals surface area contributed by atoms with Crippen molar-refractivity contribution in [1.82, 2.24) is 0 Å². The summed E-state index contributed by atoms with van der Waals surface area (Å²) in [5.74, 6) is 1.32. The molecule has 1 spiro atoms. The zero-order chi connectivity index (χ0) is 12.4. The van der Waals surface area contributed by atoms with E-state index in [9.17, 15) is 5.11 Å². The second-order valence-corrected chi connectivity index (χ2v) is 6.94. The Bertz CT molecular complexity index is 264. The van der Waals surface area contributed by atoms with Crippen LogP contribution in [0.25, 0.3) is 0 Å². The lowest BCUT2D eigenvalue weighted by Crippen LogP contribution is -2.38. The second kappa shape index (κ2) is 5.50. The van der Waals surface area contributed by atoms with E-state index in [1.165, 1.54) is 64.2 Å². The van der Waals surface area contributed by atoms with Crippen molar-refractivity contribution in [3.8, 4) is 0 Å². The minimum Gasteiger partial charge on any atom is -0.393 e. The van der Waals surface area contributed by atoms with Crippen molar-refractivity contribution in [2.75, 3.05) is 6.61 Å². The van der Waals surface area contributed by atoms with Gasteiger partial charge in [0.2, 0.25) is 0 Å². The molecule has 0 radical (unpaired) electrons. The molecule has 18 heavy (non-hydrogen) atoms. The number of ether oxygens (including phenoxy) is 1. The molecular formula is C16H28O2. The second-order valence-electron chi connectivity index (χ2n) is 6.94. The van der Waals surface area contributed by atoms with Crippen LogP contribution in [-0.2, 0) is 4.74 Å². The van der Waals surface area contributed by atoms with Gasteiger partial charge in [-0.15, -0.1) is 0 Å². The fraction of sp³-hybridized carbons (Fsp3) is 1.00. The van der Waals surface area contributed by atoms with E-state index in [1.807, 2.05) is 0 Å². The predicted octanol–water partition coefficient (Wildman–Crippen LogP) is 3.67. The van der Waals surface area contributed by atoms with E-state index in [1.54, 1.807) is 0 Å². The molecular weight excluding hydrogens is 224 g/mol. The lowest BCUT2D eigenvalue weighted by atomic mass is 9.80. The zero-order valence-corrected chi connectivity index (χ0v) is 11.6. The minimum absolute atomic E-state index is 0.0333. The summed E-state index contributed by atoms with van der Waals surface area (Å²) in [6.45, 7) is 0.933. The Balaban J connectivity index is 1.52. The SMILES string of the molecule is OC(CC1CCOC2(CCCC2)C1)C1CCCC1. The van der Waals surface area contributed by atoms with Gasteiger partial charge in [0.25, 0.3) is 0 Å². The standard InChI is InChI=1S/C16H28O2/c17-15(14-5-1-2-6-14)11-13-7-10-18-16(12-13)8-3-4-9-16/h13-15,17H,1-12H2. The number of rotatable bonds is 3. The highest BCUT2D eigenvalue weighted by Gasteiger charge is 2.40. The van der Waals surface area contributed by atoms with Crippen LogP contribution in [-0.4, -0.2) is 23.4 Å². The Labute approximate surface area is 111 Å². The van der Waals surface area contributed by atoms with E-state index in [4.69, 9.17) is 4.74 Å². The summed E-state index contributed by atoms with van der Waals surface area (Å²) < 4.78 is 6.08. The van der Waals surface area contributed by atoms with Crippen LogP contribution in [0.2, 0.25) is 0 Å². The Morgan fingerprint density at radius 3 is 2.50 bits per heavy atom. The average Bonchev–Trinajstić information content (AvgIpc) is 3.01. The van der Waals surface area contributed by atoms with Crippen molar-refractivity contribution in [3.05, 3.63) is 0 Å². The predicted molar refractivity (Wildman–Crippen MR) is 72.5 cm³/mol. The molecule has 3 aliphatic rings. The molecule has 0 aromatic heterocycles. The van der Waals surface area contributed by atoms with Crippen molar-refractivity contribution in [2.24, 2.45) is 11.8 Å². The van der Waals surface area contributed by atoms with Gasteiger partial charge in [0, 0.05) is 6.61 Å². The topological polar surface area (TPSA) is 29.5 Å². The molecule has 2 unspecified atom stereocenters. The third kappa shape index (κ3) is 2.75. The molecule has 2 heteroatoms. The molecule has 3 fully saturated rings. The van der Waals surface area contributed by atoms with Gasteiger partial charge in [0.15, 0.2) is 0 Å². The maximum atomic E-state index is 10.4. The molecule has 1 saturated heterocycles. The highest BCUT2D eigenvalue weighted by atomic mass is 16.5. The Morgan fingerprint density at radius 2 is 1.78 bits per heavy atom. The number of hydrogen-bond acceptors (Lipinski definition) is 2. The van der Waals surface area contributed by atoms with E-state index in [2.05, 4.69) is 0 Å². The Kier molecular flexibility index (Phi) is 3.95. The number of aliphatic hydroxyl groups excluding tert-OH is 1. The van der Waals surface area contributed by atoms with E-state index in [-0.39, 0.29) is 11.7 Å². The smallest absolute Gasteiger partial charge is 0.0685 e. The summed E-state index contributed by atoms with van der Waals surface area (Å²) in [4.78, 5) is 0. The van der Waals surface area contributed by atoms with Crippen LogP contribution in [0, 0.1) is 11.8 Å². The van der Waals surface area contributed by atoms with Crippen molar-refractivity contribution < 1.29 is 9.84 Å². The van der Waals surface area contributed by atoms with Gasteiger partial charge in [-0.25, -0.2) is 0 Å². The monoisotopic (exact) mass is 252 g/mol. The van der Waals surface area contributed by atoms with Crippen LogP contribution in [0.3, 0.4) is 0 Å². The first-order chi connectivity index (χ1) is 8.77.